The van der Waals surface area contributed by atoms with Crippen LogP contribution < -0.4 is 0 Å². The molecule has 0 saturated heterocycles. The fraction of sp³-hybridized carbons (Fsp3) is 0.647. The molecule has 8 nitrogen and oxygen atoms in total. The van der Waals surface area contributed by atoms with Crippen LogP contribution in [0.15, 0.2) is 24.3 Å². The van der Waals surface area contributed by atoms with Crippen LogP contribution in [-0.2, 0) is 75.7 Å². The van der Waals surface area contributed by atoms with Gasteiger partial charge < -0.3 is 0 Å². The van der Waals surface area contributed by atoms with Gasteiger partial charge in [0.1, 0.15) is 0 Å². The predicted molar refractivity (Wildman–Crippen MR) is 179 cm³/mol. The molecule has 0 amide bonds. The van der Waals surface area contributed by atoms with Gasteiger partial charge in [-0.05, 0) is 0 Å². The molecule has 2 rings (SSSR count). The second kappa shape index (κ2) is 14.5. The van der Waals surface area contributed by atoms with E-state index in [4.69, 9.17) is 18.1 Å². The third-order valence-corrected chi connectivity index (χ3v) is 16.1. The maximum absolute atomic E-state index is 14.0. The van der Waals surface area contributed by atoms with Gasteiger partial charge in [-0.2, -0.15) is 0 Å². The van der Waals surface area contributed by atoms with Crippen molar-refractivity contribution in [1.29, 1.82) is 0 Å². The number of phenolic OH excluding ortho intramolecular Hbond substituents is 2. The second-order valence-corrected chi connectivity index (χ2v) is 23.5. The van der Waals surface area contributed by atoms with Gasteiger partial charge in [-0.15, -0.1) is 0 Å². The molecule has 2 N–H and O–H groups in total. The first-order chi connectivity index (χ1) is 20.3. The average molecular weight is 713 g/mol. The Bertz CT molecular complexity index is 1250. The van der Waals surface area contributed by atoms with Crippen molar-refractivity contribution in [3.8, 4) is 11.5 Å². The van der Waals surface area contributed by atoms with E-state index < -0.39 is 12.7 Å². The molecule has 2 aromatic carbocycles. The van der Waals surface area contributed by atoms with Crippen LogP contribution in [0.5, 0.6) is 11.5 Å². The summed E-state index contributed by atoms with van der Waals surface area (Å²) in [6.45, 7) is 27.4. The van der Waals surface area contributed by atoms with Crippen molar-refractivity contribution >= 4 is 12.7 Å². The predicted octanol–water partition coefficient (Wildman–Crippen LogP) is 10.4. The van der Waals surface area contributed by atoms with Gasteiger partial charge in [-0.3, -0.25) is 0 Å². The van der Waals surface area contributed by atoms with Crippen molar-refractivity contribution < 1.29 is 51.0 Å². The zero-order chi connectivity index (χ0) is 34.8. The molecule has 0 saturated carbocycles. The number of hydrogen-bond donors (Lipinski definition) is 2. The van der Waals surface area contributed by atoms with E-state index >= 15 is 0 Å². The molecule has 0 bridgehead atoms. The standard InChI is InChI=1S/2C17H27O4P.Ni/c2*1-8-20-22(19)21-11-12-9-13(16(2,3)4)15(18)14(10-12)17(5,6)7;/h2*9-10H,8,11H2,1-7H3;/q;;-2/p+2. The van der Waals surface area contributed by atoms with Gasteiger partial charge in [0.25, 0.3) is 0 Å². The van der Waals surface area contributed by atoms with E-state index in [0.29, 0.717) is 11.1 Å². The van der Waals surface area contributed by atoms with Gasteiger partial charge in [0.2, 0.25) is 0 Å². The van der Waals surface area contributed by atoms with E-state index in [0.717, 1.165) is 22.3 Å². The molecule has 0 aromatic heterocycles. The normalized spacial score (nSPS) is 16.0. The van der Waals surface area contributed by atoms with Crippen LogP contribution in [-0.4, -0.2) is 23.4 Å². The molecule has 2 aromatic rings. The van der Waals surface area contributed by atoms with Gasteiger partial charge in [0.05, 0.1) is 0 Å². The van der Waals surface area contributed by atoms with Crippen LogP contribution >= 0.6 is 12.7 Å². The molecule has 260 valence electrons. The summed E-state index contributed by atoms with van der Waals surface area (Å²) in [5.74, 6) is 0.463. The van der Waals surface area contributed by atoms with Crippen LogP contribution in [0, 0.1) is 0 Å². The average Bonchev–Trinajstić information content (AvgIpc) is 2.85. The van der Waals surface area contributed by atoms with Crippen LogP contribution in [0.2, 0.25) is 0 Å². The SMILES string of the molecule is CCO[P](=O)(OCc1cc(C(C)(C)C)c(O)c(C(C)(C)C)c1)[Ni][P](=O)(OCC)OCc1cc(C(C)(C)C)c(O)c(C(C)(C)C)c1. The van der Waals surface area contributed by atoms with Crippen molar-refractivity contribution in [2.45, 2.75) is 132 Å². The molecule has 45 heavy (non-hydrogen) atoms. The Balaban J connectivity index is 2.44. The monoisotopic (exact) mass is 712 g/mol. The molecule has 0 radical (unpaired) electrons. The van der Waals surface area contributed by atoms with Crippen LogP contribution in [0.3, 0.4) is 0 Å². The Kier molecular flexibility index (Phi) is 12.9. The van der Waals surface area contributed by atoms with Gasteiger partial charge in [0, 0.05) is 0 Å². The summed E-state index contributed by atoms with van der Waals surface area (Å²) in [5.41, 5.74) is 2.97. The minimum absolute atomic E-state index is 0.0551. The van der Waals surface area contributed by atoms with E-state index in [-0.39, 0.29) is 73.2 Å². The van der Waals surface area contributed by atoms with Crippen LogP contribution in [0.1, 0.15) is 130 Å². The Morgan fingerprint density at radius 1 is 0.533 bits per heavy atom. The quantitative estimate of drug-likeness (QED) is 0.165. The van der Waals surface area contributed by atoms with E-state index in [1.165, 1.54) is 0 Å². The first kappa shape index (κ1) is 40.0. The topological polar surface area (TPSA) is 112 Å². The van der Waals surface area contributed by atoms with E-state index in [2.05, 4.69) is 0 Å². The molecule has 0 aliphatic carbocycles. The third-order valence-electron chi connectivity index (χ3n) is 7.03. The van der Waals surface area contributed by atoms with E-state index in [1.807, 2.05) is 107 Å². The molecule has 2 atom stereocenters. The number of hydrogen-bond acceptors (Lipinski definition) is 8. The van der Waals surface area contributed by atoms with Crippen LogP contribution in [0.4, 0.5) is 0 Å². The molecule has 0 fully saturated rings. The Hall–Kier alpha value is -1.17. The Morgan fingerprint density at radius 3 is 0.978 bits per heavy atom. The van der Waals surface area contributed by atoms with Crippen molar-refractivity contribution in [2.75, 3.05) is 13.2 Å². The van der Waals surface area contributed by atoms with Crippen molar-refractivity contribution in [3.63, 3.8) is 0 Å². The molecular weight excluding hydrogens is 657 g/mol. The minimum atomic E-state index is -4.04. The van der Waals surface area contributed by atoms with Crippen molar-refractivity contribution in [2.24, 2.45) is 0 Å². The van der Waals surface area contributed by atoms with Crippen LogP contribution in [0.25, 0.3) is 0 Å². The molecule has 0 aliphatic heterocycles. The summed E-state index contributed by atoms with van der Waals surface area (Å²) in [4.78, 5) is 0. The molecule has 0 heterocycles. The summed E-state index contributed by atoms with van der Waals surface area (Å²) < 4.78 is 51.1. The molecular formula is C34H56NiO8P2. The van der Waals surface area contributed by atoms with Gasteiger partial charge >= 0.3 is 278 Å². The number of rotatable bonds is 12. The molecule has 0 aliphatic rings. The Morgan fingerprint density at radius 2 is 0.778 bits per heavy atom. The summed E-state index contributed by atoms with van der Waals surface area (Å²) in [6.07, 6.45) is -8.08. The fourth-order valence-electron chi connectivity index (χ4n) is 4.67. The maximum atomic E-state index is 14.0. The first-order valence-electron chi connectivity index (χ1n) is 15.4. The fourth-order valence-corrected chi connectivity index (χ4v) is 13.2. The third kappa shape index (κ3) is 10.9. The van der Waals surface area contributed by atoms with Gasteiger partial charge in [0.15, 0.2) is 0 Å². The first-order valence-corrected chi connectivity index (χ1v) is 20.8. The van der Waals surface area contributed by atoms with E-state index in [9.17, 15) is 19.3 Å². The van der Waals surface area contributed by atoms with Gasteiger partial charge in [-0.25, -0.2) is 0 Å². The summed E-state index contributed by atoms with van der Waals surface area (Å²) in [7, 11) is 0. The summed E-state index contributed by atoms with van der Waals surface area (Å²) in [5, 5.41) is 22.2. The Labute approximate surface area is 277 Å². The molecule has 2 unspecified atom stereocenters. The molecule has 11 heteroatoms. The zero-order valence-electron chi connectivity index (χ0n) is 29.7. The number of aromatic hydroxyl groups is 2. The van der Waals surface area contributed by atoms with E-state index in [1.54, 1.807) is 13.8 Å². The number of benzene rings is 2. The number of phenols is 2. The molecule has 0 spiro atoms. The summed E-state index contributed by atoms with van der Waals surface area (Å²) >= 11 is 0.198. The second-order valence-electron chi connectivity index (χ2n) is 15.3. The van der Waals surface area contributed by atoms with Gasteiger partial charge in [-0.1, -0.05) is 0 Å². The van der Waals surface area contributed by atoms with Crippen molar-refractivity contribution in [3.05, 3.63) is 57.6 Å². The van der Waals surface area contributed by atoms with Crippen molar-refractivity contribution in [1.82, 2.24) is 0 Å². The summed E-state index contributed by atoms with van der Waals surface area (Å²) in [6, 6.07) is 7.38. The zero-order valence-corrected chi connectivity index (χ0v) is 32.5.